The van der Waals surface area contributed by atoms with Gasteiger partial charge in [-0.3, -0.25) is 14.3 Å². The van der Waals surface area contributed by atoms with Crippen molar-refractivity contribution >= 4 is 40.7 Å². The number of carbonyl (C=O) groups excluding carboxylic acids is 2. The van der Waals surface area contributed by atoms with Crippen molar-refractivity contribution in [2.24, 2.45) is 5.41 Å². The lowest BCUT2D eigenvalue weighted by Crippen LogP contribution is -2.47. The van der Waals surface area contributed by atoms with E-state index >= 15 is 0 Å². The minimum atomic E-state index is -0.205. The SMILES string of the molecule is CC(=O)N1CCc2c(c(N3CCCc4cc(C#N)ccc43)nn2C2CCN(CC3(C)CCN(c4ccc(C(=O)NC5CCC(Oc6ccc(C#N)c(Cl)c6)CC5)nn4)CC3)CC2)C1. The standard InChI is InChI=1S/C48H56ClN11O3/c1-32(61)58-23-17-44-40(30-58)46(59-20-3-4-34-26-33(28-50)5-13-43(34)59)55-60(44)37-15-21-56(22-16-37)31-48(2)18-24-57(25-19-48)45-14-12-42(53-54-45)47(62)52-36-7-10-38(11-8-36)63-39-9-6-35(29-51)41(49)27-39/h5-6,9,12-14,26-27,36-38H,3-4,7-8,10-11,15-25,30-31H2,1-2H3,(H,52,62). The number of nitrogens with zero attached hydrogens (tertiary/aromatic N) is 10. The van der Waals surface area contributed by atoms with E-state index in [9.17, 15) is 14.9 Å². The van der Waals surface area contributed by atoms with E-state index < -0.39 is 0 Å². The third-order valence-electron chi connectivity index (χ3n) is 14.2. The molecule has 5 aliphatic rings. The van der Waals surface area contributed by atoms with Crippen molar-refractivity contribution < 1.29 is 14.3 Å². The Hall–Kier alpha value is -5.70. The molecule has 3 fully saturated rings. The van der Waals surface area contributed by atoms with Crippen molar-refractivity contribution in [2.45, 2.75) is 109 Å². The number of aryl methyl sites for hydroxylation is 1. The number of amides is 2. The highest BCUT2D eigenvalue weighted by Gasteiger charge is 2.37. The zero-order chi connectivity index (χ0) is 43.7. The van der Waals surface area contributed by atoms with E-state index in [2.05, 4.69) is 60.0 Å². The van der Waals surface area contributed by atoms with E-state index in [0.717, 1.165) is 127 Å². The number of aromatic nitrogens is 4. The minimum Gasteiger partial charge on any atom is -0.490 e. The monoisotopic (exact) mass is 869 g/mol. The lowest BCUT2D eigenvalue weighted by atomic mass is 9.79. The largest absolute Gasteiger partial charge is 0.490 e. The molecule has 2 aromatic heterocycles. The fourth-order valence-corrected chi connectivity index (χ4v) is 10.7. The summed E-state index contributed by atoms with van der Waals surface area (Å²) in [6.07, 6.45) is 10.2. The van der Waals surface area contributed by atoms with E-state index in [0.29, 0.717) is 46.7 Å². The summed E-state index contributed by atoms with van der Waals surface area (Å²) in [6, 6.07) is 19.6. The molecule has 328 valence electrons. The Morgan fingerprint density at radius 1 is 0.905 bits per heavy atom. The van der Waals surface area contributed by atoms with Gasteiger partial charge in [-0.05, 0) is 118 Å². The number of anilines is 3. The van der Waals surface area contributed by atoms with Gasteiger partial charge in [0, 0.05) is 88.2 Å². The summed E-state index contributed by atoms with van der Waals surface area (Å²) in [5, 5.41) is 36.4. The van der Waals surface area contributed by atoms with Gasteiger partial charge in [0.25, 0.3) is 5.91 Å². The number of nitrogens with one attached hydrogen (secondary N) is 1. The molecule has 0 unspecified atom stereocenters. The molecule has 63 heavy (non-hydrogen) atoms. The molecule has 1 N–H and O–H groups in total. The molecule has 1 aliphatic carbocycles. The molecule has 14 nitrogen and oxygen atoms in total. The summed E-state index contributed by atoms with van der Waals surface area (Å²) in [5.74, 6) is 2.33. The van der Waals surface area contributed by atoms with Crippen LogP contribution >= 0.6 is 11.6 Å². The van der Waals surface area contributed by atoms with Crippen LogP contribution in [-0.2, 0) is 24.2 Å². The van der Waals surface area contributed by atoms with Gasteiger partial charge in [-0.25, -0.2) is 0 Å². The van der Waals surface area contributed by atoms with Crippen molar-refractivity contribution in [1.82, 2.24) is 35.1 Å². The topological polar surface area (TPSA) is 160 Å². The number of halogens is 1. The third kappa shape index (κ3) is 9.20. The summed E-state index contributed by atoms with van der Waals surface area (Å²) in [4.78, 5) is 34.9. The van der Waals surface area contributed by atoms with Gasteiger partial charge >= 0.3 is 0 Å². The van der Waals surface area contributed by atoms with Crippen LogP contribution in [0.5, 0.6) is 5.75 Å². The normalized spacial score (nSPS) is 21.4. The van der Waals surface area contributed by atoms with E-state index in [4.69, 9.17) is 26.7 Å². The van der Waals surface area contributed by atoms with Crippen molar-refractivity contribution in [3.05, 3.63) is 87.2 Å². The van der Waals surface area contributed by atoms with E-state index in [1.807, 2.05) is 23.1 Å². The number of hydrogen-bond acceptors (Lipinski definition) is 11. The number of benzene rings is 2. The molecule has 2 amide bonds. The van der Waals surface area contributed by atoms with Crippen LogP contribution in [0.1, 0.15) is 116 Å². The molecule has 0 spiro atoms. The lowest BCUT2D eigenvalue weighted by Gasteiger charge is -2.44. The highest BCUT2D eigenvalue weighted by molar-refractivity contribution is 6.31. The molecule has 0 atom stereocenters. The first-order chi connectivity index (χ1) is 30.6. The summed E-state index contributed by atoms with van der Waals surface area (Å²) in [5.41, 5.74) is 6.39. The van der Waals surface area contributed by atoms with Crippen molar-refractivity contribution in [3.63, 3.8) is 0 Å². The Morgan fingerprint density at radius 2 is 1.70 bits per heavy atom. The Bertz CT molecular complexity index is 2420. The maximum atomic E-state index is 13.1. The molecular formula is C48H56ClN11O3. The van der Waals surface area contributed by atoms with Crippen LogP contribution < -0.4 is 19.9 Å². The van der Waals surface area contributed by atoms with E-state index in [1.165, 1.54) is 16.8 Å². The van der Waals surface area contributed by atoms with E-state index in [1.54, 1.807) is 31.2 Å². The Kier molecular flexibility index (Phi) is 12.3. The van der Waals surface area contributed by atoms with E-state index in [-0.39, 0.29) is 29.4 Å². The molecular weight excluding hydrogens is 814 g/mol. The average molecular weight is 871 g/mol. The first kappa shape index (κ1) is 42.6. The van der Waals surface area contributed by atoms with Gasteiger partial charge in [-0.2, -0.15) is 15.6 Å². The van der Waals surface area contributed by atoms with Crippen molar-refractivity contribution in [1.29, 1.82) is 10.5 Å². The zero-order valence-corrected chi connectivity index (χ0v) is 37.1. The maximum absolute atomic E-state index is 13.1. The number of carbonyl (C=O) groups is 2. The highest BCUT2D eigenvalue weighted by Crippen LogP contribution is 2.41. The predicted octanol–water partition coefficient (Wildman–Crippen LogP) is 7.12. The van der Waals surface area contributed by atoms with Crippen LogP contribution in [0, 0.1) is 28.1 Å². The third-order valence-corrected chi connectivity index (χ3v) is 14.5. The molecule has 15 heteroatoms. The fraction of sp³-hybridized carbons (Fsp3) is 0.521. The fourth-order valence-electron chi connectivity index (χ4n) is 10.4. The molecule has 6 heterocycles. The zero-order valence-electron chi connectivity index (χ0n) is 36.4. The molecule has 0 radical (unpaired) electrons. The van der Waals surface area contributed by atoms with Crippen LogP contribution in [-0.4, -0.2) is 99.6 Å². The molecule has 2 aromatic carbocycles. The second kappa shape index (κ2) is 18.2. The second-order valence-electron chi connectivity index (χ2n) is 18.5. The summed E-state index contributed by atoms with van der Waals surface area (Å²) >= 11 is 6.17. The van der Waals surface area contributed by atoms with Crippen LogP contribution in [0.15, 0.2) is 48.5 Å². The number of hydrogen-bond donors (Lipinski definition) is 1. The molecule has 4 aliphatic heterocycles. The van der Waals surface area contributed by atoms with Gasteiger partial charge in [-0.1, -0.05) is 18.5 Å². The van der Waals surface area contributed by atoms with Crippen LogP contribution in [0.3, 0.4) is 0 Å². The number of ether oxygens (including phenoxy) is 1. The van der Waals surface area contributed by atoms with Crippen LogP contribution in [0.4, 0.5) is 17.3 Å². The maximum Gasteiger partial charge on any atom is 0.272 e. The quantitative estimate of drug-likeness (QED) is 0.183. The summed E-state index contributed by atoms with van der Waals surface area (Å²) in [6.45, 7) is 11.1. The number of fused-ring (bicyclic) bond motifs is 2. The van der Waals surface area contributed by atoms with Gasteiger partial charge in [0.1, 0.15) is 11.8 Å². The number of nitriles is 2. The number of likely N-dealkylation sites (tertiary alicyclic amines) is 1. The Labute approximate surface area is 374 Å². The number of rotatable bonds is 9. The summed E-state index contributed by atoms with van der Waals surface area (Å²) in [7, 11) is 0. The van der Waals surface area contributed by atoms with Gasteiger partial charge in [0.2, 0.25) is 5.91 Å². The van der Waals surface area contributed by atoms with Gasteiger partial charge in [0.05, 0.1) is 40.9 Å². The minimum absolute atomic E-state index is 0.0296. The molecule has 1 saturated carbocycles. The van der Waals surface area contributed by atoms with Crippen molar-refractivity contribution in [3.8, 4) is 17.9 Å². The van der Waals surface area contributed by atoms with Crippen LogP contribution in [0.2, 0.25) is 5.02 Å². The molecule has 0 bridgehead atoms. The molecule has 2 saturated heterocycles. The van der Waals surface area contributed by atoms with Crippen molar-refractivity contribution in [2.75, 3.05) is 55.6 Å². The van der Waals surface area contributed by atoms with Gasteiger partial charge < -0.3 is 29.7 Å². The van der Waals surface area contributed by atoms with Gasteiger partial charge in [-0.15, -0.1) is 10.2 Å². The second-order valence-corrected chi connectivity index (χ2v) is 18.9. The predicted molar refractivity (Wildman–Crippen MR) is 240 cm³/mol. The molecule has 9 rings (SSSR count). The van der Waals surface area contributed by atoms with Gasteiger partial charge in [0.15, 0.2) is 17.3 Å². The van der Waals surface area contributed by atoms with Crippen LogP contribution in [0.25, 0.3) is 0 Å². The number of piperidine rings is 2. The summed E-state index contributed by atoms with van der Waals surface area (Å²) < 4.78 is 8.44. The first-order valence-corrected chi connectivity index (χ1v) is 23.1. The Balaban J connectivity index is 0.757. The molecule has 4 aromatic rings. The first-order valence-electron chi connectivity index (χ1n) is 22.7. The Morgan fingerprint density at radius 3 is 2.40 bits per heavy atom. The highest BCUT2D eigenvalue weighted by atomic mass is 35.5. The smallest absolute Gasteiger partial charge is 0.272 e. The average Bonchev–Trinajstić information content (AvgIpc) is 3.68. The lowest BCUT2D eigenvalue weighted by molar-refractivity contribution is -0.129.